The topological polar surface area (TPSA) is 76.4 Å². The van der Waals surface area contributed by atoms with Gasteiger partial charge in [0.2, 0.25) is 5.91 Å². The lowest BCUT2D eigenvalue weighted by Gasteiger charge is -2.17. The molecule has 2 aromatic carbocycles. The van der Waals surface area contributed by atoms with E-state index < -0.39 is 0 Å². The number of thioether (sulfide) groups is 1. The van der Waals surface area contributed by atoms with Crippen LogP contribution in [0.2, 0.25) is 5.02 Å². The molecule has 1 aliphatic heterocycles. The number of benzene rings is 2. The van der Waals surface area contributed by atoms with Crippen molar-refractivity contribution in [2.45, 2.75) is 19.1 Å². The molecule has 0 bridgehead atoms. The third kappa shape index (κ3) is 3.80. The number of carbonyl (C=O) groups is 1. The molecule has 0 aliphatic carbocycles. The van der Waals surface area contributed by atoms with E-state index in [0.29, 0.717) is 28.9 Å². The van der Waals surface area contributed by atoms with Crippen molar-refractivity contribution in [3.05, 3.63) is 64.3 Å². The summed E-state index contributed by atoms with van der Waals surface area (Å²) in [4.78, 5) is 12.4. The van der Waals surface area contributed by atoms with E-state index in [-0.39, 0.29) is 16.9 Å². The molecular formula is C21H20ClN3O3S. The summed E-state index contributed by atoms with van der Waals surface area (Å²) in [6.07, 6.45) is 0. The van der Waals surface area contributed by atoms with E-state index in [9.17, 15) is 9.90 Å². The van der Waals surface area contributed by atoms with E-state index in [1.54, 1.807) is 22.9 Å². The van der Waals surface area contributed by atoms with Crippen LogP contribution in [0, 0.1) is 6.92 Å². The number of aromatic nitrogens is 2. The predicted octanol–water partition coefficient (Wildman–Crippen LogP) is 4.71. The highest BCUT2D eigenvalue weighted by molar-refractivity contribution is 8.00. The number of phenolic OH excluding ortho intramolecular Hbond substituents is 1. The van der Waals surface area contributed by atoms with Crippen LogP contribution < -0.4 is 10.1 Å². The Bertz CT molecular complexity index is 1070. The Morgan fingerprint density at radius 1 is 1.31 bits per heavy atom. The number of ether oxygens (including phenoxy) is 1. The van der Waals surface area contributed by atoms with Crippen LogP contribution in [-0.2, 0) is 4.79 Å². The van der Waals surface area contributed by atoms with Gasteiger partial charge in [-0.05, 0) is 55.8 Å². The number of fused-ring (bicyclic) bond motifs is 1. The first-order valence-electron chi connectivity index (χ1n) is 9.20. The highest BCUT2D eigenvalue weighted by Crippen LogP contribution is 2.45. The van der Waals surface area contributed by atoms with Gasteiger partial charge < -0.3 is 15.2 Å². The SMILES string of the molecule is CCOc1cc(C2SCC(=O)Nc3c2c(C)nn3-c2ccc(Cl)cc2)ccc1O. The van der Waals surface area contributed by atoms with E-state index in [2.05, 4.69) is 10.4 Å². The van der Waals surface area contributed by atoms with Crippen molar-refractivity contribution in [1.82, 2.24) is 9.78 Å². The van der Waals surface area contributed by atoms with Gasteiger partial charge in [0.1, 0.15) is 5.82 Å². The molecule has 1 aliphatic rings. The smallest absolute Gasteiger partial charge is 0.235 e. The van der Waals surface area contributed by atoms with Crippen LogP contribution in [-0.4, -0.2) is 33.2 Å². The molecule has 2 heterocycles. The number of aryl methyl sites for hydroxylation is 1. The Labute approximate surface area is 177 Å². The van der Waals surface area contributed by atoms with Crippen molar-refractivity contribution in [3.63, 3.8) is 0 Å². The number of halogens is 1. The lowest BCUT2D eigenvalue weighted by molar-refractivity contribution is -0.113. The Kier molecular flexibility index (Phi) is 5.43. The number of carbonyl (C=O) groups excluding carboxylic acids is 1. The Hall–Kier alpha value is -2.64. The van der Waals surface area contributed by atoms with E-state index in [0.717, 1.165) is 22.5 Å². The number of nitrogens with one attached hydrogen (secondary N) is 1. The minimum atomic E-state index is -0.134. The summed E-state index contributed by atoms with van der Waals surface area (Å²) in [6.45, 7) is 4.25. The monoisotopic (exact) mass is 429 g/mol. The van der Waals surface area contributed by atoms with E-state index in [1.165, 1.54) is 11.8 Å². The summed E-state index contributed by atoms with van der Waals surface area (Å²) < 4.78 is 7.29. The van der Waals surface area contributed by atoms with Crippen molar-refractivity contribution >= 4 is 35.1 Å². The van der Waals surface area contributed by atoms with Gasteiger partial charge in [0.25, 0.3) is 0 Å². The quantitative estimate of drug-likeness (QED) is 0.627. The first kappa shape index (κ1) is 19.7. The van der Waals surface area contributed by atoms with Crippen molar-refractivity contribution in [2.24, 2.45) is 0 Å². The predicted molar refractivity (Wildman–Crippen MR) is 116 cm³/mol. The van der Waals surface area contributed by atoms with Gasteiger partial charge in [0, 0.05) is 10.6 Å². The lowest BCUT2D eigenvalue weighted by Crippen LogP contribution is -2.15. The molecule has 1 amide bonds. The number of amides is 1. The molecule has 1 atom stereocenters. The van der Waals surface area contributed by atoms with E-state index in [4.69, 9.17) is 16.3 Å². The van der Waals surface area contributed by atoms with Crippen LogP contribution in [0.1, 0.15) is 29.0 Å². The second kappa shape index (κ2) is 8.00. The zero-order valence-electron chi connectivity index (χ0n) is 16.0. The van der Waals surface area contributed by atoms with Gasteiger partial charge >= 0.3 is 0 Å². The molecule has 6 nitrogen and oxygen atoms in total. The molecule has 3 aromatic rings. The van der Waals surface area contributed by atoms with E-state index in [1.807, 2.05) is 38.1 Å². The molecule has 0 saturated carbocycles. The fourth-order valence-electron chi connectivity index (χ4n) is 3.38. The zero-order chi connectivity index (χ0) is 20.5. The summed E-state index contributed by atoms with van der Waals surface area (Å²) in [7, 11) is 0. The average Bonchev–Trinajstić information content (AvgIpc) is 2.90. The van der Waals surface area contributed by atoms with Crippen LogP contribution in [0.3, 0.4) is 0 Å². The second-order valence-corrected chi connectivity index (χ2v) is 8.17. The average molecular weight is 430 g/mol. The van der Waals surface area contributed by atoms with Crippen LogP contribution in [0.5, 0.6) is 11.5 Å². The molecule has 29 heavy (non-hydrogen) atoms. The van der Waals surface area contributed by atoms with Crippen molar-refractivity contribution in [2.75, 3.05) is 17.7 Å². The maximum absolute atomic E-state index is 12.4. The second-order valence-electron chi connectivity index (χ2n) is 6.64. The normalized spacial score (nSPS) is 16.1. The molecule has 0 saturated heterocycles. The summed E-state index contributed by atoms with van der Waals surface area (Å²) in [5.41, 5.74) is 3.50. The van der Waals surface area contributed by atoms with Crippen LogP contribution in [0.4, 0.5) is 5.82 Å². The van der Waals surface area contributed by atoms with E-state index >= 15 is 0 Å². The summed E-state index contributed by atoms with van der Waals surface area (Å²) in [5.74, 6) is 1.40. The minimum Gasteiger partial charge on any atom is -0.504 e. The molecule has 4 rings (SSSR count). The van der Waals surface area contributed by atoms with Gasteiger partial charge in [-0.15, -0.1) is 11.8 Å². The molecule has 0 radical (unpaired) electrons. The standard InChI is InChI=1S/C21H20ClN3O3S/c1-3-28-17-10-13(4-9-16(17)26)20-19-12(2)24-25(15-7-5-14(22)6-8-15)21(19)23-18(27)11-29-20/h4-10,20,26H,3,11H2,1-2H3,(H,23,27). The number of hydrogen-bond donors (Lipinski definition) is 2. The minimum absolute atomic E-state index is 0.0855. The van der Waals surface area contributed by atoms with Crippen LogP contribution in [0.25, 0.3) is 5.69 Å². The van der Waals surface area contributed by atoms with Crippen LogP contribution >= 0.6 is 23.4 Å². The molecule has 0 fully saturated rings. The van der Waals surface area contributed by atoms with Gasteiger partial charge in [-0.1, -0.05) is 17.7 Å². The molecule has 150 valence electrons. The fraction of sp³-hybridized carbons (Fsp3) is 0.238. The fourth-order valence-corrected chi connectivity index (χ4v) is 4.69. The molecule has 1 aromatic heterocycles. The Morgan fingerprint density at radius 2 is 2.07 bits per heavy atom. The van der Waals surface area contributed by atoms with Crippen molar-refractivity contribution < 1.29 is 14.6 Å². The van der Waals surface area contributed by atoms with Crippen molar-refractivity contribution in [1.29, 1.82) is 0 Å². The van der Waals surface area contributed by atoms with Crippen molar-refractivity contribution in [3.8, 4) is 17.2 Å². The molecule has 0 spiro atoms. The van der Waals surface area contributed by atoms with Crippen LogP contribution in [0.15, 0.2) is 42.5 Å². The number of phenols is 1. The highest BCUT2D eigenvalue weighted by Gasteiger charge is 2.31. The molecule has 1 unspecified atom stereocenters. The molecular weight excluding hydrogens is 410 g/mol. The number of nitrogens with zero attached hydrogens (tertiary/aromatic N) is 2. The summed E-state index contributed by atoms with van der Waals surface area (Å²) in [5, 5.41) is 18.2. The third-order valence-corrected chi connectivity index (χ3v) is 6.19. The number of anilines is 1. The van der Waals surface area contributed by atoms with Gasteiger partial charge in [-0.2, -0.15) is 5.10 Å². The largest absolute Gasteiger partial charge is 0.504 e. The number of aromatic hydroxyl groups is 1. The lowest BCUT2D eigenvalue weighted by atomic mass is 10.0. The first-order chi connectivity index (χ1) is 14.0. The first-order valence-corrected chi connectivity index (χ1v) is 10.6. The maximum atomic E-state index is 12.4. The zero-order valence-corrected chi connectivity index (χ0v) is 17.5. The highest BCUT2D eigenvalue weighted by atomic mass is 35.5. The number of rotatable bonds is 4. The number of hydrogen-bond acceptors (Lipinski definition) is 5. The Balaban J connectivity index is 1.85. The Morgan fingerprint density at radius 3 is 2.79 bits per heavy atom. The molecule has 8 heteroatoms. The van der Waals surface area contributed by atoms with Gasteiger partial charge in [0.15, 0.2) is 11.5 Å². The third-order valence-electron chi connectivity index (χ3n) is 4.67. The molecule has 2 N–H and O–H groups in total. The summed E-state index contributed by atoms with van der Waals surface area (Å²) >= 11 is 7.54. The van der Waals surface area contributed by atoms with Gasteiger partial charge in [-0.25, -0.2) is 4.68 Å². The maximum Gasteiger partial charge on any atom is 0.235 e. The van der Waals surface area contributed by atoms with Gasteiger partial charge in [0.05, 0.1) is 29.0 Å². The van der Waals surface area contributed by atoms with Gasteiger partial charge in [-0.3, -0.25) is 4.79 Å². The summed E-state index contributed by atoms with van der Waals surface area (Å²) in [6, 6.07) is 12.6.